The molecule has 1 N–H and O–H groups in total. The Morgan fingerprint density at radius 3 is 2.87 bits per heavy atom. The molecule has 0 aliphatic rings. The van der Waals surface area contributed by atoms with Gasteiger partial charge in [-0.05, 0) is 31.5 Å². The predicted octanol–water partition coefficient (Wildman–Crippen LogP) is 2.89. The van der Waals surface area contributed by atoms with E-state index in [1.165, 1.54) is 0 Å². The summed E-state index contributed by atoms with van der Waals surface area (Å²) in [5, 5.41) is 9.07. The molecule has 0 aliphatic carbocycles. The first kappa shape index (κ1) is 11.9. The summed E-state index contributed by atoms with van der Waals surface area (Å²) in [6.07, 6.45) is -0.425. The predicted molar refractivity (Wildman–Crippen MR) is 58.5 cm³/mol. The van der Waals surface area contributed by atoms with Crippen LogP contribution in [-0.2, 0) is 4.79 Å². The molecular weight excluding hydrogens is 216 g/mol. The molecule has 1 atom stereocenters. The molecule has 15 heavy (non-hydrogen) atoms. The average molecular weight is 229 g/mol. The lowest BCUT2D eigenvalue weighted by Gasteiger charge is -2.14. The van der Waals surface area contributed by atoms with E-state index < -0.39 is 5.97 Å². The Kier molecular flexibility index (Phi) is 3.97. The molecule has 0 aliphatic heterocycles. The molecule has 1 aromatic rings. The van der Waals surface area contributed by atoms with Crippen LogP contribution in [0.3, 0.4) is 0 Å². The molecule has 0 aromatic heterocycles. The maximum atomic E-state index is 10.4. The van der Waals surface area contributed by atoms with Crippen LogP contribution in [-0.4, -0.2) is 17.2 Å². The molecule has 0 amide bonds. The lowest BCUT2D eigenvalue weighted by Crippen LogP contribution is -2.16. The standard InChI is InChI=1S/C11H13ClO3/c1-7-3-4-9(12)10(5-7)15-8(2)6-11(13)14/h3-5,8H,6H2,1-2H3,(H,13,14). The number of aliphatic carboxylic acids is 1. The monoisotopic (exact) mass is 228 g/mol. The molecule has 0 bridgehead atoms. The average Bonchev–Trinajstić information content (AvgIpc) is 2.10. The van der Waals surface area contributed by atoms with E-state index in [2.05, 4.69) is 0 Å². The molecule has 0 radical (unpaired) electrons. The van der Waals surface area contributed by atoms with Gasteiger partial charge in [0.25, 0.3) is 0 Å². The summed E-state index contributed by atoms with van der Waals surface area (Å²) in [6.45, 7) is 3.62. The Bertz CT molecular complexity index is 363. The van der Waals surface area contributed by atoms with Gasteiger partial charge in [0.15, 0.2) is 0 Å². The third-order valence-corrected chi connectivity index (χ3v) is 2.19. The summed E-state index contributed by atoms with van der Waals surface area (Å²) < 4.78 is 5.42. The van der Waals surface area contributed by atoms with Crippen molar-refractivity contribution in [3.05, 3.63) is 28.8 Å². The molecule has 0 heterocycles. The van der Waals surface area contributed by atoms with Gasteiger partial charge in [-0.2, -0.15) is 0 Å². The van der Waals surface area contributed by atoms with Crippen LogP contribution in [0.4, 0.5) is 0 Å². The summed E-state index contributed by atoms with van der Waals surface area (Å²) in [5.74, 6) is -0.350. The first-order valence-electron chi connectivity index (χ1n) is 4.63. The van der Waals surface area contributed by atoms with Gasteiger partial charge in [-0.1, -0.05) is 17.7 Å². The number of carboxylic acid groups (broad SMARTS) is 1. The van der Waals surface area contributed by atoms with Crippen molar-refractivity contribution in [1.82, 2.24) is 0 Å². The van der Waals surface area contributed by atoms with Crippen molar-refractivity contribution in [3.63, 3.8) is 0 Å². The van der Waals surface area contributed by atoms with E-state index in [1.54, 1.807) is 19.1 Å². The van der Waals surface area contributed by atoms with Gasteiger partial charge in [-0.15, -0.1) is 0 Å². The van der Waals surface area contributed by atoms with Crippen molar-refractivity contribution in [3.8, 4) is 5.75 Å². The number of rotatable bonds is 4. The van der Waals surface area contributed by atoms with Crippen LogP contribution in [0.2, 0.25) is 5.02 Å². The maximum Gasteiger partial charge on any atom is 0.307 e. The number of benzene rings is 1. The highest BCUT2D eigenvalue weighted by Gasteiger charge is 2.11. The molecule has 3 nitrogen and oxygen atoms in total. The molecule has 1 unspecified atom stereocenters. The molecule has 0 saturated heterocycles. The van der Waals surface area contributed by atoms with Crippen LogP contribution in [0.15, 0.2) is 18.2 Å². The molecule has 82 valence electrons. The molecule has 0 saturated carbocycles. The second kappa shape index (κ2) is 5.03. The van der Waals surface area contributed by atoms with E-state index in [9.17, 15) is 4.79 Å². The Morgan fingerprint density at radius 1 is 1.60 bits per heavy atom. The zero-order chi connectivity index (χ0) is 11.4. The van der Waals surface area contributed by atoms with Gasteiger partial charge in [0, 0.05) is 0 Å². The number of hydrogen-bond donors (Lipinski definition) is 1. The minimum absolute atomic E-state index is 0.0374. The quantitative estimate of drug-likeness (QED) is 0.862. The van der Waals surface area contributed by atoms with Gasteiger partial charge in [0.1, 0.15) is 11.9 Å². The smallest absolute Gasteiger partial charge is 0.307 e. The number of ether oxygens (including phenoxy) is 1. The summed E-state index contributed by atoms with van der Waals surface area (Å²) >= 11 is 5.90. The summed E-state index contributed by atoms with van der Waals surface area (Å²) in [4.78, 5) is 10.4. The Hall–Kier alpha value is -1.22. The van der Waals surface area contributed by atoms with Crippen molar-refractivity contribution in [2.24, 2.45) is 0 Å². The minimum atomic E-state index is -0.883. The van der Waals surface area contributed by atoms with Crippen molar-refractivity contribution in [2.75, 3.05) is 0 Å². The SMILES string of the molecule is Cc1ccc(Cl)c(OC(C)CC(=O)O)c1. The highest BCUT2D eigenvalue weighted by molar-refractivity contribution is 6.32. The lowest BCUT2D eigenvalue weighted by molar-refractivity contribution is -0.138. The van der Waals surface area contributed by atoms with Crippen molar-refractivity contribution >= 4 is 17.6 Å². The summed E-state index contributed by atoms with van der Waals surface area (Å²) in [6, 6.07) is 5.40. The summed E-state index contributed by atoms with van der Waals surface area (Å²) in [5.41, 5.74) is 1.02. The zero-order valence-electron chi connectivity index (χ0n) is 8.66. The maximum absolute atomic E-state index is 10.4. The Morgan fingerprint density at radius 2 is 2.27 bits per heavy atom. The normalized spacial score (nSPS) is 12.2. The number of aryl methyl sites for hydroxylation is 1. The van der Waals surface area contributed by atoms with E-state index in [0.717, 1.165) is 5.56 Å². The fourth-order valence-corrected chi connectivity index (χ4v) is 1.37. The van der Waals surface area contributed by atoms with E-state index >= 15 is 0 Å². The van der Waals surface area contributed by atoms with E-state index in [1.807, 2.05) is 13.0 Å². The van der Waals surface area contributed by atoms with Crippen molar-refractivity contribution < 1.29 is 14.6 Å². The minimum Gasteiger partial charge on any atom is -0.489 e. The number of halogens is 1. The third-order valence-electron chi connectivity index (χ3n) is 1.88. The third kappa shape index (κ3) is 3.80. The van der Waals surface area contributed by atoms with Gasteiger partial charge in [0.05, 0.1) is 11.4 Å². The Labute approximate surface area is 93.6 Å². The van der Waals surface area contributed by atoms with Crippen molar-refractivity contribution in [1.29, 1.82) is 0 Å². The van der Waals surface area contributed by atoms with Gasteiger partial charge in [0.2, 0.25) is 0 Å². The lowest BCUT2D eigenvalue weighted by atomic mass is 10.2. The van der Waals surface area contributed by atoms with Gasteiger partial charge >= 0.3 is 5.97 Å². The topological polar surface area (TPSA) is 46.5 Å². The second-order valence-electron chi connectivity index (χ2n) is 3.46. The fraction of sp³-hybridized carbons (Fsp3) is 0.364. The van der Waals surface area contributed by atoms with Crippen LogP contribution in [0, 0.1) is 6.92 Å². The van der Waals surface area contributed by atoms with E-state index in [-0.39, 0.29) is 12.5 Å². The van der Waals surface area contributed by atoms with Crippen molar-refractivity contribution in [2.45, 2.75) is 26.4 Å². The van der Waals surface area contributed by atoms with Gasteiger partial charge in [-0.25, -0.2) is 0 Å². The number of hydrogen-bond acceptors (Lipinski definition) is 2. The molecule has 1 rings (SSSR count). The van der Waals surface area contributed by atoms with E-state index in [4.69, 9.17) is 21.4 Å². The molecular formula is C11H13ClO3. The number of carboxylic acids is 1. The molecule has 4 heteroatoms. The summed E-state index contributed by atoms with van der Waals surface area (Å²) in [7, 11) is 0. The molecule has 0 spiro atoms. The van der Waals surface area contributed by atoms with Gasteiger partial charge in [-0.3, -0.25) is 4.79 Å². The van der Waals surface area contributed by atoms with E-state index in [0.29, 0.717) is 10.8 Å². The van der Waals surface area contributed by atoms with Gasteiger partial charge < -0.3 is 9.84 Å². The van der Waals surface area contributed by atoms with Crippen LogP contribution in [0.25, 0.3) is 0 Å². The van der Waals surface area contributed by atoms with Crippen LogP contribution >= 0.6 is 11.6 Å². The first-order valence-corrected chi connectivity index (χ1v) is 5.01. The van der Waals surface area contributed by atoms with Crippen LogP contribution < -0.4 is 4.74 Å². The Balaban J connectivity index is 2.71. The zero-order valence-corrected chi connectivity index (χ0v) is 9.41. The fourth-order valence-electron chi connectivity index (χ4n) is 1.21. The molecule has 1 aromatic carbocycles. The first-order chi connectivity index (χ1) is 6.99. The van der Waals surface area contributed by atoms with Crippen LogP contribution in [0.5, 0.6) is 5.75 Å². The second-order valence-corrected chi connectivity index (χ2v) is 3.87. The number of carbonyl (C=O) groups is 1. The highest BCUT2D eigenvalue weighted by Crippen LogP contribution is 2.26. The molecule has 0 fully saturated rings. The van der Waals surface area contributed by atoms with Crippen LogP contribution in [0.1, 0.15) is 18.9 Å². The highest BCUT2D eigenvalue weighted by atomic mass is 35.5. The largest absolute Gasteiger partial charge is 0.489 e.